The fraction of sp³-hybridized carbons (Fsp3) is 0.300. The molecule has 196 valence electrons. The monoisotopic (exact) mass is 569 g/mol. The average molecular weight is 571 g/mol. The summed E-state index contributed by atoms with van der Waals surface area (Å²) in [6.45, 7) is 0.224. The number of rotatable bonds is 8. The van der Waals surface area contributed by atoms with E-state index in [1.807, 2.05) is 36.4 Å². The standard InChI is InChI=1S/C30H26Cl3NO4/c1-36-26-8-3-2-5-20(26)18-14-30(35,15-18)22-12-11-19(13-25(22)33)37-16-21-28(34-38-29(21)17-9-10-17)27-23(31)6-4-7-24(27)32/h2-8,11-13,17-18,35H,9-10,14-16H2,1H3. The number of hydrogen-bond donors (Lipinski definition) is 1. The first kappa shape index (κ1) is 25.6. The number of benzene rings is 3. The minimum atomic E-state index is -0.997. The lowest BCUT2D eigenvalue weighted by molar-refractivity contribution is -0.0553. The summed E-state index contributed by atoms with van der Waals surface area (Å²) < 4.78 is 17.4. The molecule has 2 saturated carbocycles. The first-order chi connectivity index (χ1) is 18.4. The van der Waals surface area contributed by atoms with E-state index in [4.69, 9.17) is 48.8 Å². The van der Waals surface area contributed by atoms with Crippen LogP contribution in [0, 0.1) is 0 Å². The van der Waals surface area contributed by atoms with Gasteiger partial charge in [0.05, 0.1) is 33.3 Å². The van der Waals surface area contributed by atoms with Crippen molar-refractivity contribution < 1.29 is 19.1 Å². The Hall–Kier alpha value is -2.70. The van der Waals surface area contributed by atoms with Gasteiger partial charge in [-0.05, 0) is 67.5 Å². The molecule has 0 radical (unpaired) electrons. The molecular weight excluding hydrogens is 545 g/mol. The minimum absolute atomic E-state index is 0.202. The number of aliphatic hydroxyl groups is 1. The molecule has 6 rings (SSSR count). The third-order valence-electron chi connectivity index (χ3n) is 7.54. The lowest BCUT2D eigenvalue weighted by Crippen LogP contribution is -2.40. The molecule has 8 heteroatoms. The van der Waals surface area contributed by atoms with Crippen LogP contribution in [0.25, 0.3) is 11.3 Å². The van der Waals surface area contributed by atoms with Crippen LogP contribution in [0.15, 0.2) is 65.2 Å². The van der Waals surface area contributed by atoms with Gasteiger partial charge in [-0.15, -0.1) is 0 Å². The Balaban J connectivity index is 1.20. The van der Waals surface area contributed by atoms with E-state index in [1.165, 1.54) is 0 Å². The van der Waals surface area contributed by atoms with Gasteiger partial charge in [-0.1, -0.05) is 70.3 Å². The summed E-state index contributed by atoms with van der Waals surface area (Å²) in [4.78, 5) is 0. The minimum Gasteiger partial charge on any atom is -0.496 e. The smallest absolute Gasteiger partial charge is 0.147 e. The Bertz CT molecular complexity index is 1470. The van der Waals surface area contributed by atoms with Crippen molar-refractivity contribution in [3.63, 3.8) is 0 Å². The molecule has 38 heavy (non-hydrogen) atoms. The maximum absolute atomic E-state index is 11.3. The van der Waals surface area contributed by atoms with Gasteiger partial charge < -0.3 is 19.1 Å². The zero-order chi connectivity index (χ0) is 26.4. The third-order valence-corrected chi connectivity index (χ3v) is 8.48. The Morgan fingerprint density at radius 3 is 2.37 bits per heavy atom. The molecule has 0 bridgehead atoms. The molecule has 0 unspecified atom stereocenters. The second kappa shape index (κ2) is 10.1. The van der Waals surface area contributed by atoms with Crippen LogP contribution < -0.4 is 9.47 Å². The summed E-state index contributed by atoms with van der Waals surface area (Å²) in [7, 11) is 1.67. The Morgan fingerprint density at radius 2 is 1.68 bits per heavy atom. The van der Waals surface area contributed by atoms with Gasteiger partial charge in [-0.2, -0.15) is 0 Å². The second-order valence-corrected chi connectivity index (χ2v) is 11.3. The summed E-state index contributed by atoms with van der Waals surface area (Å²) >= 11 is 19.6. The van der Waals surface area contributed by atoms with Crippen LogP contribution >= 0.6 is 34.8 Å². The van der Waals surface area contributed by atoms with E-state index in [9.17, 15) is 5.11 Å². The van der Waals surface area contributed by atoms with E-state index >= 15 is 0 Å². The number of hydrogen-bond acceptors (Lipinski definition) is 5. The third kappa shape index (κ3) is 4.66. The van der Waals surface area contributed by atoms with E-state index < -0.39 is 5.60 Å². The summed E-state index contributed by atoms with van der Waals surface area (Å²) in [6, 6.07) is 18.7. The molecule has 5 nitrogen and oxygen atoms in total. The highest BCUT2D eigenvalue weighted by molar-refractivity contribution is 6.39. The number of ether oxygens (including phenoxy) is 2. The van der Waals surface area contributed by atoms with Crippen molar-refractivity contribution in [2.24, 2.45) is 0 Å². The maximum atomic E-state index is 11.3. The molecular formula is C30H26Cl3NO4. The molecule has 0 spiro atoms. The maximum Gasteiger partial charge on any atom is 0.147 e. The van der Waals surface area contributed by atoms with Crippen LogP contribution in [-0.2, 0) is 12.2 Å². The van der Waals surface area contributed by atoms with Crippen LogP contribution in [0.2, 0.25) is 15.1 Å². The number of nitrogens with zero attached hydrogens (tertiary/aromatic N) is 1. The van der Waals surface area contributed by atoms with Crippen molar-refractivity contribution in [3.8, 4) is 22.8 Å². The zero-order valence-corrected chi connectivity index (χ0v) is 23.0. The lowest BCUT2D eigenvalue weighted by Gasteiger charge is -2.45. The van der Waals surface area contributed by atoms with Crippen molar-refractivity contribution in [1.29, 1.82) is 0 Å². The zero-order valence-electron chi connectivity index (χ0n) is 20.7. The molecule has 0 aliphatic heterocycles. The number of halogens is 3. The molecule has 1 heterocycles. The number of methoxy groups -OCH3 is 1. The fourth-order valence-corrected chi connectivity index (χ4v) is 6.29. The second-order valence-electron chi connectivity index (χ2n) is 10.1. The van der Waals surface area contributed by atoms with Crippen LogP contribution in [0.3, 0.4) is 0 Å². The van der Waals surface area contributed by atoms with Crippen molar-refractivity contribution in [3.05, 3.63) is 98.2 Å². The predicted octanol–water partition coefficient (Wildman–Crippen LogP) is 8.53. The molecule has 0 saturated heterocycles. The van der Waals surface area contributed by atoms with Crippen LogP contribution in [0.5, 0.6) is 11.5 Å². The van der Waals surface area contributed by atoms with Gasteiger partial charge in [0.25, 0.3) is 0 Å². The Kier molecular flexibility index (Phi) is 6.81. The van der Waals surface area contributed by atoms with Gasteiger partial charge in [0.2, 0.25) is 0 Å². The van der Waals surface area contributed by atoms with Crippen molar-refractivity contribution in [2.45, 2.75) is 49.7 Å². The number of aromatic nitrogens is 1. The first-order valence-electron chi connectivity index (χ1n) is 12.6. The molecule has 2 fully saturated rings. The summed E-state index contributed by atoms with van der Waals surface area (Å²) in [5.74, 6) is 2.76. The number of para-hydroxylation sites is 1. The predicted molar refractivity (Wildman–Crippen MR) is 149 cm³/mol. The van der Waals surface area contributed by atoms with Gasteiger partial charge in [-0.3, -0.25) is 0 Å². The summed E-state index contributed by atoms with van der Waals surface area (Å²) in [6.07, 6.45) is 3.24. The van der Waals surface area contributed by atoms with Crippen LogP contribution in [0.1, 0.15) is 60.0 Å². The highest BCUT2D eigenvalue weighted by Crippen LogP contribution is 2.54. The van der Waals surface area contributed by atoms with E-state index in [-0.39, 0.29) is 12.5 Å². The van der Waals surface area contributed by atoms with Crippen molar-refractivity contribution in [1.82, 2.24) is 5.16 Å². The van der Waals surface area contributed by atoms with E-state index in [0.717, 1.165) is 35.5 Å². The van der Waals surface area contributed by atoms with E-state index in [0.29, 0.717) is 56.4 Å². The molecule has 1 N–H and O–H groups in total. The molecule has 2 aliphatic carbocycles. The molecule has 3 aromatic carbocycles. The molecule has 4 aromatic rings. The van der Waals surface area contributed by atoms with Crippen LogP contribution in [-0.4, -0.2) is 17.4 Å². The summed E-state index contributed by atoms with van der Waals surface area (Å²) in [5.41, 5.74) is 2.87. The molecule has 0 atom stereocenters. The molecule has 0 amide bonds. The fourth-order valence-electron chi connectivity index (χ4n) is 5.37. The molecule has 2 aliphatic rings. The van der Waals surface area contributed by atoms with Gasteiger partial charge in [0, 0.05) is 17.0 Å². The summed E-state index contributed by atoms with van der Waals surface area (Å²) in [5, 5.41) is 17.1. The SMILES string of the molecule is COc1ccccc1C1CC(O)(c2ccc(OCc3c(-c4c(Cl)cccc4Cl)noc3C3CC3)cc2Cl)C1. The van der Waals surface area contributed by atoms with Gasteiger partial charge in [-0.25, -0.2) is 0 Å². The highest BCUT2D eigenvalue weighted by atomic mass is 35.5. The Labute approximate surface area is 236 Å². The quantitative estimate of drug-likeness (QED) is 0.230. The van der Waals surface area contributed by atoms with Gasteiger partial charge in [0.1, 0.15) is 29.6 Å². The topological polar surface area (TPSA) is 64.7 Å². The van der Waals surface area contributed by atoms with E-state index in [1.54, 1.807) is 31.4 Å². The van der Waals surface area contributed by atoms with Crippen molar-refractivity contribution >= 4 is 34.8 Å². The average Bonchev–Trinajstić information content (AvgIpc) is 3.65. The van der Waals surface area contributed by atoms with E-state index in [2.05, 4.69) is 5.16 Å². The van der Waals surface area contributed by atoms with Crippen LogP contribution in [0.4, 0.5) is 0 Å². The lowest BCUT2D eigenvalue weighted by atomic mass is 9.65. The van der Waals surface area contributed by atoms with Gasteiger partial charge in [0.15, 0.2) is 0 Å². The normalized spacial score (nSPS) is 20.7. The molecule has 1 aromatic heterocycles. The largest absolute Gasteiger partial charge is 0.496 e. The van der Waals surface area contributed by atoms with Gasteiger partial charge >= 0.3 is 0 Å². The first-order valence-corrected chi connectivity index (χ1v) is 13.7. The Morgan fingerprint density at radius 1 is 0.947 bits per heavy atom. The van der Waals surface area contributed by atoms with Crippen molar-refractivity contribution in [2.75, 3.05) is 7.11 Å². The highest BCUT2D eigenvalue weighted by Gasteiger charge is 2.46.